The zero-order chi connectivity index (χ0) is 13.8. The van der Waals surface area contributed by atoms with Crippen molar-refractivity contribution in [2.24, 2.45) is 0 Å². The van der Waals surface area contributed by atoms with Crippen LogP contribution in [0.5, 0.6) is 0 Å². The van der Waals surface area contributed by atoms with Gasteiger partial charge in [-0.05, 0) is 30.5 Å². The van der Waals surface area contributed by atoms with Gasteiger partial charge in [-0.3, -0.25) is 4.79 Å². The van der Waals surface area contributed by atoms with Crippen LogP contribution in [0.2, 0.25) is 5.02 Å². The third-order valence-electron chi connectivity index (χ3n) is 2.86. The van der Waals surface area contributed by atoms with Crippen LogP contribution in [0, 0.1) is 0 Å². The molecule has 1 aromatic heterocycles. The van der Waals surface area contributed by atoms with Crippen LogP contribution in [0.3, 0.4) is 0 Å². The summed E-state index contributed by atoms with van der Waals surface area (Å²) in [7, 11) is 0. The second kappa shape index (κ2) is 6.08. The lowest BCUT2D eigenvalue weighted by atomic mass is 10.1. The van der Waals surface area contributed by atoms with Crippen molar-refractivity contribution < 1.29 is 4.79 Å². The largest absolute Gasteiger partial charge is 0.398 e. The first kappa shape index (κ1) is 13.9. The number of nitrogens with two attached hydrogens (primary N) is 1. The number of hydrogen-bond acceptors (Lipinski definition) is 3. The Kier molecular flexibility index (Phi) is 4.45. The molecule has 0 aliphatic heterocycles. The number of halogens is 1. The van der Waals surface area contributed by atoms with E-state index < -0.39 is 0 Å². The van der Waals surface area contributed by atoms with Crippen LogP contribution >= 0.6 is 22.9 Å². The number of thiophene rings is 1. The fourth-order valence-corrected chi connectivity index (χ4v) is 2.82. The monoisotopic (exact) mass is 294 g/mol. The Morgan fingerprint density at radius 3 is 2.74 bits per heavy atom. The highest BCUT2D eigenvalue weighted by atomic mass is 35.5. The minimum Gasteiger partial charge on any atom is -0.398 e. The van der Waals surface area contributed by atoms with E-state index in [0.29, 0.717) is 29.4 Å². The summed E-state index contributed by atoms with van der Waals surface area (Å²) in [6.45, 7) is 3.14. The second-order valence-corrected chi connectivity index (χ2v) is 5.54. The Hall–Kier alpha value is -1.52. The van der Waals surface area contributed by atoms with Crippen LogP contribution in [0.25, 0.3) is 0 Å². The minimum absolute atomic E-state index is 0.126. The SMILES string of the molecule is CCN(Cc1cccs1)C(=O)c1c(N)cccc1Cl. The highest BCUT2D eigenvalue weighted by Crippen LogP contribution is 2.24. The first-order chi connectivity index (χ1) is 9.13. The number of rotatable bonds is 4. The summed E-state index contributed by atoms with van der Waals surface area (Å²) in [6.07, 6.45) is 0. The standard InChI is InChI=1S/C14H15ClN2OS/c1-2-17(9-10-5-4-8-19-10)14(18)13-11(15)6-3-7-12(13)16/h3-8H,2,9,16H2,1H3. The van der Waals surface area contributed by atoms with Gasteiger partial charge in [0.1, 0.15) is 0 Å². The molecule has 0 spiro atoms. The van der Waals surface area contributed by atoms with E-state index in [1.165, 1.54) is 0 Å². The quantitative estimate of drug-likeness (QED) is 0.875. The van der Waals surface area contributed by atoms with E-state index in [-0.39, 0.29) is 5.91 Å². The zero-order valence-electron chi connectivity index (χ0n) is 10.6. The molecule has 2 rings (SSSR count). The van der Waals surface area contributed by atoms with Crippen molar-refractivity contribution in [1.82, 2.24) is 4.90 Å². The van der Waals surface area contributed by atoms with Crippen LogP contribution < -0.4 is 5.73 Å². The van der Waals surface area contributed by atoms with Gasteiger partial charge >= 0.3 is 0 Å². The zero-order valence-corrected chi connectivity index (χ0v) is 12.2. The maximum Gasteiger partial charge on any atom is 0.257 e. The van der Waals surface area contributed by atoms with E-state index in [4.69, 9.17) is 17.3 Å². The highest BCUT2D eigenvalue weighted by Gasteiger charge is 2.20. The molecule has 1 aromatic carbocycles. The predicted octanol–water partition coefficient (Wildman–Crippen LogP) is 3.65. The summed E-state index contributed by atoms with van der Waals surface area (Å²) >= 11 is 7.71. The average molecular weight is 295 g/mol. The maximum absolute atomic E-state index is 12.5. The Labute approximate surface area is 121 Å². The molecule has 1 amide bonds. The number of nitrogens with zero attached hydrogens (tertiary/aromatic N) is 1. The number of carbonyl (C=O) groups excluding carboxylic acids is 1. The molecule has 0 radical (unpaired) electrons. The third-order valence-corrected chi connectivity index (χ3v) is 4.03. The molecule has 5 heteroatoms. The van der Waals surface area contributed by atoms with Crippen molar-refractivity contribution >= 4 is 34.5 Å². The van der Waals surface area contributed by atoms with E-state index in [1.807, 2.05) is 24.4 Å². The van der Waals surface area contributed by atoms with Gasteiger partial charge in [0.25, 0.3) is 5.91 Å². The summed E-state index contributed by atoms with van der Waals surface area (Å²) in [4.78, 5) is 15.4. The number of benzene rings is 1. The van der Waals surface area contributed by atoms with Gasteiger partial charge in [0.05, 0.1) is 17.1 Å². The molecule has 0 bridgehead atoms. The van der Waals surface area contributed by atoms with E-state index in [1.54, 1.807) is 34.4 Å². The molecule has 1 heterocycles. The van der Waals surface area contributed by atoms with Gasteiger partial charge in [0.2, 0.25) is 0 Å². The molecule has 100 valence electrons. The molecular weight excluding hydrogens is 280 g/mol. The molecule has 0 atom stereocenters. The van der Waals surface area contributed by atoms with Crippen LogP contribution in [0.1, 0.15) is 22.2 Å². The molecule has 19 heavy (non-hydrogen) atoms. The second-order valence-electron chi connectivity index (χ2n) is 4.10. The number of hydrogen-bond donors (Lipinski definition) is 1. The first-order valence-corrected chi connectivity index (χ1v) is 7.25. The molecule has 0 saturated carbocycles. The summed E-state index contributed by atoms with van der Waals surface area (Å²) in [5.74, 6) is -0.126. The molecule has 2 N–H and O–H groups in total. The average Bonchev–Trinajstić information content (AvgIpc) is 2.88. The van der Waals surface area contributed by atoms with Crippen LogP contribution in [0.4, 0.5) is 5.69 Å². The summed E-state index contributed by atoms with van der Waals surface area (Å²) in [5.41, 5.74) is 6.67. The van der Waals surface area contributed by atoms with Crippen LogP contribution in [-0.4, -0.2) is 17.4 Å². The lowest BCUT2D eigenvalue weighted by Gasteiger charge is -2.21. The lowest BCUT2D eigenvalue weighted by Crippen LogP contribution is -2.30. The van der Waals surface area contributed by atoms with E-state index in [0.717, 1.165) is 4.88 Å². The Bertz CT molecular complexity index is 549. The molecule has 3 nitrogen and oxygen atoms in total. The number of carbonyl (C=O) groups is 1. The fourth-order valence-electron chi connectivity index (χ4n) is 1.84. The smallest absolute Gasteiger partial charge is 0.257 e. The maximum atomic E-state index is 12.5. The Morgan fingerprint density at radius 1 is 1.37 bits per heavy atom. The number of anilines is 1. The third kappa shape index (κ3) is 3.08. The van der Waals surface area contributed by atoms with Gasteiger partial charge in [-0.2, -0.15) is 0 Å². The minimum atomic E-state index is -0.126. The highest BCUT2D eigenvalue weighted by molar-refractivity contribution is 7.09. The van der Waals surface area contributed by atoms with E-state index in [9.17, 15) is 4.79 Å². The molecule has 0 saturated heterocycles. The molecule has 0 aliphatic rings. The molecule has 0 unspecified atom stereocenters. The van der Waals surface area contributed by atoms with Gasteiger partial charge in [-0.25, -0.2) is 0 Å². The van der Waals surface area contributed by atoms with Crippen molar-refractivity contribution in [3.63, 3.8) is 0 Å². The summed E-state index contributed by atoms with van der Waals surface area (Å²) < 4.78 is 0. The van der Waals surface area contributed by atoms with Crippen molar-refractivity contribution in [2.45, 2.75) is 13.5 Å². The van der Waals surface area contributed by atoms with Crippen molar-refractivity contribution in [1.29, 1.82) is 0 Å². The fraction of sp³-hybridized carbons (Fsp3) is 0.214. The van der Waals surface area contributed by atoms with Crippen molar-refractivity contribution in [3.05, 3.63) is 51.2 Å². The first-order valence-electron chi connectivity index (χ1n) is 5.99. The van der Waals surface area contributed by atoms with E-state index in [2.05, 4.69) is 0 Å². The van der Waals surface area contributed by atoms with Crippen molar-refractivity contribution in [3.8, 4) is 0 Å². The van der Waals surface area contributed by atoms with Crippen LogP contribution in [0.15, 0.2) is 35.7 Å². The van der Waals surface area contributed by atoms with Gasteiger partial charge in [0.15, 0.2) is 0 Å². The topological polar surface area (TPSA) is 46.3 Å². The lowest BCUT2D eigenvalue weighted by molar-refractivity contribution is 0.0755. The number of amides is 1. The van der Waals surface area contributed by atoms with Gasteiger partial charge in [-0.1, -0.05) is 23.7 Å². The Morgan fingerprint density at radius 2 is 2.16 bits per heavy atom. The number of nitrogen functional groups attached to an aromatic ring is 1. The summed E-state index contributed by atoms with van der Waals surface area (Å²) in [6, 6.07) is 9.10. The predicted molar refractivity (Wildman–Crippen MR) is 80.6 cm³/mol. The van der Waals surface area contributed by atoms with Gasteiger partial charge in [0, 0.05) is 17.1 Å². The van der Waals surface area contributed by atoms with E-state index >= 15 is 0 Å². The molecule has 2 aromatic rings. The molecule has 0 aliphatic carbocycles. The molecular formula is C14H15ClN2OS. The normalized spacial score (nSPS) is 10.4. The van der Waals surface area contributed by atoms with Crippen molar-refractivity contribution in [2.75, 3.05) is 12.3 Å². The molecule has 0 fully saturated rings. The Balaban J connectivity index is 2.26. The van der Waals surface area contributed by atoms with Crippen LogP contribution in [-0.2, 0) is 6.54 Å². The summed E-state index contributed by atoms with van der Waals surface area (Å²) in [5, 5.41) is 2.40. The van der Waals surface area contributed by atoms with Gasteiger partial charge < -0.3 is 10.6 Å². The van der Waals surface area contributed by atoms with Gasteiger partial charge in [-0.15, -0.1) is 11.3 Å².